The van der Waals surface area contributed by atoms with E-state index in [2.05, 4.69) is 10.3 Å². The van der Waals surface area contributed by atoms with Crippen molar-refractivity contribution < 1.29 is 4.92 Å². The zero-order valence-corrected chi connectivity index (χ0v) is 9.89. The Labute approximate surface area is 103 Å². The molecule has 1 aliphatic heterocycles. The van der Waals surface area contributed by atoms with Gasteiger partial charge in [-0.05, 0) is 19.1 Å². The molecule has 1 aromatic heterocycles. The monoisotopic (exact) mass is 254 g/mol. The maximum atomic E-state index is 10.5. The highest BCUT2D eigenvalue weighted by Crippen LogP contribution is 2.23. The van der Waals surface area contributed by atoms with Crippen molar-refractivity contribution in [2.45, 2.75) is 13.0 Å². The summed E-state index contributed by atoms with van der Waals surface area (Å²) < 4.78 is 0. The van der Waals surface area contributed by atoms with Gasteiger partial charge in [0.15, 0.2) is 5.82 Å². The molecule has 0 aliphatic carbocycles. The first kappa shape index (κ1) is 11.7. The second kappa shape index (κ2) is 4.58. The molecule has 0 bridgehead atoms. The summed E-state index contributed by atoms with van der Waals surface area (Å²) in [5.74, 6) is 0.464. The SMILES string of the molecule is C[C@@H]1CN(c2ccc(Cl)nc2)/C(=C/[N+](=O)[O-])N1. The summed E-state index contributed by atoms with van der Waals surface area (Å²) in [5, 5.41) is 13.9. The van der Waals surface area contributed by atoms with Crippen LogP contribution in [0.3, 0.4) is 0 Å². The van der Waals surface area contributed by atoms with Crippen LogP contribution in [0.2, 0.25) is 5.15 Å². The lowest BCUT2D eigenvalue weighted by atomic mass is 10.3. The van der Waals surface area contributed by atoms with E-state index in [1.54, 1.807) is 23.2 Å². The molecule has 7 heteroatoms. The average molecular weight is 255 g/mol. The van der Waals surface area contributed by atoms with Crippen LogP contribution in [0.5, 0.6) is 0 Å². The van der Waals surface area contributed by atoms with Gasteiger partial charge in [0.05, 0.1) is 16.8 Å². The van der Waals surface area contributed by atoms with Gasteiger partial charge in [0, 0.05) is 12.6 Å². The van der Waals surface area contributed by atoms with Crippen LogP contribution in [0.15, 0.2) is 30.4 Å². The second-order valence-electron chi connectivity index (χ2n) is 3.79. The molecule has 1 atom stereocenters. The van der Waals surface area contributed by atoms with Crippen LogP contribution in [0.1, 0.15) is 6.92 Å². The molecule has 1 aromatic rings. The summed E-state index contributed by atoms with van der Waals surface area (Å²) >= 11 is 5.70. The standard InChI is InChI=1S/C10H11ClN4O2/c1-7-5-14(10(13-7)6-15(16)17)8-2-3-9(11)12-4-8/h2-4,6-7,13H,5H2,1H3/b10-6+/t7-/m1/s1. The topological polar surface area (TPSA) is 71.3 Å². The van der Waals surface area contributed by atoms with Crippen LogP contribution in [-0.2, 0) is 0 Å². The molecule has 0 spiro atoms. The van der Waals surface area contributed by atoms with E-state index >= 15 is 0 Å². The fourth-order valence-corrected chi connectivity index (χ4v) is 1.84. The molecule has 1 saturated heterocycles. The number of rotatable bonds is 2. The van der Waals surface area contributed by atoms with Gasteiger partial charge >= 0.3 is 0 Å². The molecule has 0 radical (unpaired) electrons. The number of halogens is 1. The van der Waals surface area contributed by atoms with E-state index in [-0.39, 0.29) is 6.04 Å². The van der Waals surface area contributed by atoms with E-state index in [4.69, 9.17) is 11.6 Å². The summed E-state index contributed by atoms with van der Waals surface area (Å²) in [7, 11) is 0. The summed E-state index contributed by atoms with van der Waals surface area (Å²) in [6.45, 7) is 2.61. The summed E-state index contributed by atoms with van der Waals surface area (Å²) in [4.78, 5) is 15.8. The van der Waals surface area contributed by atoms with Gasteiger partial charge in [-0.2, -0.15) is 0 Å². The second-order valence-corrected chi connectivity index (χ2v) is 4.18. The zero-order chi connectivity index (χ0) is 12.4. The Kier molecular flexibility index (Phi) is 3.14. The third kappa shape index (κ3) is 2.65. The number of anilines is 1. The highest BCUT2D eigenvalue weighted by molar-refractivity contribution is 6.29. The van der Waals surface area contributed by atoms with Crippen molar-refractivity contribution in [2.24, 2.45) is 0 Å². The van der Waals surface area contributed by atoms with Crippen molar-refractivity contribution >= 4 is 17.3 Å². The Morgan fingerprint density at radius 3 is 3.06 bits per heavy atom. The number of pyridine rings is 1. The van der Waals surface area contributed by atoms with Gasteiger partial charge in [0.25, 0.3) is 6.20 Å². The third-order valence-electron chi connectivity index (χ3n) is 2.39. The predicted molar refractivity (Wildman–Crippen MR) is 64.3 cm³/mol. The largest absolute Gasteiger partial charge is 0.362 e. The molecule has 1 fully saturated rings. The Morgan fingerprint density at radius 2 is 2.47 bits per heavy atom. The van der Waals surface area contributed by atoms with Crippen molar-refractivity contribution in [1.82, 2.24) is 10.3 Å². The van der Waals surface area contributed by atoms with E-state index < -0.39 is 4.92 Å². The molecule has 0 amide bonds. The molecule has 17 heavy (non-hydrogen) atoms. The predicted octanol–water partition coefficient (Wildman–Crippen LogP) is 1.61. The number of nitro groups is 1. The Morgan fingerprint density at radius 1 is 1.71 bits per heavy atom. The lowest BCUT2D eigenvalue weighted by Gasteiger charge is -2.16. The van der Waals surface area contributed by atoms with Crippen LogP contribution < -0.4 is 10.2 Å². The zero-order valence-electron chi connectivity index (χ0n) is 9.13. The highest BCUT2D eigenvalue weighted by Gasteiger charge is 2.26. The molecule has 90 valence electrons. The fraction of sp³-hybridized carbons (Fsp3) is 0.300. The maximum Gasteiger partial charge on any atom is 0.274 e. The lowest BCUT2D eigenvalue weighted by molar-refractivity contribution is -0.403. The first-order valence-electron chi connectivity index (χ1n) is 5.07. The van der Waals surface area contributed by atoms with E-state index in [9.17, 15) is 10.1 Å². The molecule has 1 N–H and O–H groups in total. The van der Waals surface area contributed by atoms with Gasteiger partial charge in [-0.15, -0.1) is 0 Å². The molecule has 2 rings (SSSR count). The normalized spacial score (nSPS) is 21.6. The molecule has 6 nitrogen and oxygen atoms in total. The van der Waals surface area contributed by atoms with Gasteiger partial charge in [-0.3, -0.25) is 10.1 Å². The highest BCUT2D eigenvalue weighted by atomic mass is 35.5. The van der Waals surface area contributed by atoms with Crippen molar-refractivity contribution in [3.05, 3.63) is 45.6 Å². The molecule has 0 unspecified atom stereocenters. The molecule has 2 heterocycles. The van der Waals surface area contributed by atoms with Gasteiger partial charge in [0.2, 0.25) is 0 Å². The minimum Gasteiger partial charge on any atom is -0.362 e. The first-order chi connectivity index (χ1) is 8.06. The minimum absolute atomic E-state index is 0.150. The van der Waals surface area contributed by atoms with Crippen molar-refractivity contribution in [3.63, 3.8) is 0 Å². The molecule has 1 aliphatic rings. The van der Waals surface area contributed by atoms with Crippen LogP contribution in [0.25, 0.3) is 0 Å². The van der Waals surface area contributed by atoms with E-state index in [1.807, 2.05) is 6.92 Å². The first-order valence-corrected chi connectivity index (χ1v) is 5.45. The third-order valence-corrected chi connectivity index (χ3v) is 2.62. The molecule has 0 saturated carbocycles. The van der Waals surface area contributed by atoms with E-state index in [0.29, 0.717) is 17.5 Å². The maximum absolute atomic E-state index is 10.5. The number of nitrogens with zero attached hydrogens (tertiary/aromatic N) is 3. The fourth-order valence-electron chi connectivity index (χ4n) is 1.73. The quantitative estimate of drug-likeness (QED) is 0.493. The smallest absolute Gasteiger partial charge is 0.274 e. The lowest BCUT2D eigenvalue weighted by Crippen LogP contribution is -2.20. The Balaban J connectivity index is 2.30. The molecular weight excluding hydrogens is 244 g/mol. The van der Waals surface area contributed by atoms with Crippen LogP contribution >= 0.6 is 11.6 Å². The van der Waals surface area contributed by atoms with Crippen molar-refractivity contribution in [3.8, 4) is 0 Å². The summed E-state index contributed by atoms with van der Waals surface area (Å²) in [6, 6.07) is 3.59. The van der Waals surface area contributed by atoms with Gasteiger partial charge in [-0.1, -0.05) is 11.6 Å². The van der Waals surface area contributed by atoms with Crippen LogP contribution in [-0.4, -0.2) is 22.5 Å². The average Bonchev–Trinajstić information content (AvgIpc) is 2.59. The summed E-state index contributed by atoms with van der Waals surface area (Å²) in [5.41, 5.74) is 0.777. The van der Waals surface area contributed by atoms with Gasteiger partial charge in [-0.25, -0.2) is 4.98 Å². The van der Waals surface area contributed by atoms with E-state index in [1.165, 1.54) is 0 Å². The van der Waals surface area contributed by atoms with Crippen molar-refractivity contribution in [2.75, 3.05) is 11.4 Å². The minimum atomic E-state index is -0.475. The number of aromatic nitrogens is 1. The molecular formula is C10H11ClN4O2. The number of hydrogen-bond acceptors (Lipinski definition) is 5. The number of nitrogens with one attached hydrogen (secondary N) is 1. The van der Waals surface area contributed by atoms with Crippen molar-refractivity contribution in [1.29, 1.82) is 0 Å². The summed E-state index contributed by atoms with van der Waals surface area (Å²) in [6.07, 6.45) is 2.55. The van der Waals surface area contributed by atoms with E-state index in [0.717, 1.165) is 11.9 Å². The molecule has 0 aromatic carbocycles. The van der Waals surface area contributed by atoms with Gasteiger partial charge in [0.1, 0.15) is 5.15 Å². The van der Waals surface area contributed by atoms with Crippen LogP contribution in [0.4, 0.5) is 5.69 Å². The Hall–Kier alpha value is -1.82. The van der Waals surface area contributed by atoms with Gasteiger partial charge < -0.3 is 10.2 Å². The van der Waals surface area contributed by atoms with Crippen LogP contribution in [0, 0.1) is 10.1 Å². The Bertz CT molecular complexity index is 460. The number of hydrogen-bond donors (Lipinski definition) is 1.